The average molecular weight is 311 g/mol. The van der Waals surface area contributed by atoms with Crippen LogP contribution in [0.4, 0.5) is 10.1 Å². The van der Waals surface area contributed by atoms with Crippen molar-refractivity contribution in [2.45, 2.75) is 20.4 Å². The molecule has 0 atom stereocenters. The van der Waals surface area contributed by atoms with Crippen molar-refractivity contribution in [1.29, 1.82) is 0 Å². The summed E-state index contributed by atoms with van der Waals surface area (Å²) in [4.78, 5) is 20.5. The van der Waals surface area contributed by atoms with Crippen molar-refractivity contribution in [3.8, 4) is 0 Å². The third kappa shape index (κ3) is 4.32. The molecule has 0 aliphatic rings. The number of carbonyl (C=O) groups is 1. The van der Waals surface area contributed by atoms with Crippen molar-refractivity contribution < 1.29 is 9.18 Å². The Hall–Kier alpha value is -2.82. The van der Waals surface area contributed by atoms with Crippen molar-refractivity contribution in [3.63, 3.8) is 0 Å². The lowest BCUT2D eigenvalue weighted by Gasteiger charge is -2.08. The van der Waals surface area contributed by atoms with Crippen LogP contribution in [-0.4, -0.2) is 17.1 Å². The number of pyridine rings is 1. The van der Waals surface area contributed by atoms with E-state index in [1.807, 2.05) is 6.92 Å². The average Bonchev–Trinajstić information content (AvgIpc) is 2.54. The molecule has 0 aliphatic heterocycles. The van der Waals surface area contributed by atoms with E-state index in [0.717, 1.165) is 5.56 Å². The van der Waals surface area contributed by atoms with Crippen molar-refractivity contribution in [2.75, 3.05) is 0 Å². The SMILES string of the molecule is C=C/C=N\c1ccc(C(=O)NCc2cc(C)ccc2F)nc1C. The van der Waals surface area contributed by atoms with E-state index in [2.05, 4.69) is 21.9 Å². The van der Waals surface area contributed by atoms with Gasteiger partial charge >= 0.3 is 0 Å². The predicted octanol–water partition coefficient (Wildman–Crippen LogP) is 3.66. The number of aliphatic imine (C=N–C) groups is 1. The molecule has 4 nitrogen and oxygen atoms in total. The fourth-order valence-corrected chi connectivity index (χ4v) is 2.05. The maximum atomic E-state index is 13.7. The summed E-state index contributed by atoms with van der Waals surface area (Å²) in [5.41, 5.74) is 2.97. The Morgan fingerprint density at radius 3 is 2.83 bits per heavy atom. The number of aromatic nitrogens is 1. The molecule has 2 rings (SSSR count). The van der Waals surface area contributed by atoms with Gasteiger partial charge in [-0.3, -0.25) is 9.79 Å². The van der Waals surface area contributed by atoms with E-state index in [0.29, 0.717) is 16.9 Å². The summed E-state index contributed by atoms with van der Waals surface area (Å²) >= 11 is 0. The summed E-state index contributed by atoms with van der Waals surface area (Å²) in [6, 6.07) is 8.09. The van der Waals surface area contributed by atoms with Crippen LogP contribution < -0.4 is 5.32 Å². The van der Waals surface area contributed by atoms with E-state index in [-0.39, 0.29) is 24.0 Å². The molecule has 1 N–H and O–H groups in total. The van der Waals surface area contributed by atoms with E-state index in [4.69, 9.17) is 0 Å². The fourth-order valence-electron chi connectivity index (χ4n) is 2.05. The van der Waals surface area contributed by atoms with Gasteiger partial charge in [-0.1, -0.05) is 30.4 Å². The standard InChI is InChI=1S/C18H18FN3O/c1-4-9-20-16-7-8-17(22-13(16)3)18(23)21-11-14-10-12(2)5-6-15(14)19/h4-10H,1,11H2,2-3H3,(H,21,23)/b20-9-. The van der Waals surface area contributed by atoms with Crippen LogP contribution in [0.5, 0.6) is 0 Å². The molecule has 5 heteroatoms. The van der Waals surface area contributed by atoms with Gasteiger partial charge in [0.1, 0.15) is 11.5 Å². The first-order valence-electron chi connectivity index (χ1n) is 7.17. The molecule has 1 heterocycles. The van der Waals surface area contributed by atoms with Crippen LogP contribution in [0.1, 0.15) is 27.3 Å². The molecule has 0 saturated heterocycles. The third-order valence-corrected chi connectivity index (χ3v) is 3.25. The van der Waals surface area contributed by atoms with Gasteiger partial charge in [-0.05, 0) is 32.0 Å². The Morgan fingerprint density at radius 1 is 1.35 bits per heavy atom. The first kappa shape index (κ1) is 16.5. The highest BCUT2D eigenvalue weighted by molar-refractivity contribution is 5.92. The lowest BCUT2D eigenvalue weighted by Crippen LogP contribution is -2.24. The predicted molar refractivity (Wildman–Crippen MR) is 89.6 cm³/mol. The van der Waals surface area contributed by atoms with E-state index in [9.17, 15) is 9.18 Å². The smallest absolute Gasteiger partial charge is 0.270 e. The Kier molecular flexibility index (Phi) is 5.36. The maximum Gasteiger partial charge on any atom is 0.270 e. The molecule has 0 aliphatic carbocycles. The van der Waals surface area contributed by atoms with Gasteiger partial charge in [0.25, 0.3) is 5.91 Å². The van der Waals surface area contributed by atoms with E-state index in [1.165, 1.54) is 6.07 Å². The van der Waals surface area contributed by atoms with Crippen molar-refractivity contribution >= 4 is 17.8 Å². The first-order chi connectivity index (χ1) is 11.0. The number of nitrogens with zero attached hydrogens (tertiary/aromatic N) is 2. The second kappa shape index (κ2) is 7.45. The molecule has 1 aromatic carbocycles. The lowest BCUT2D eigenvalue weighted by atomic mass is 10.1. The monoisotopic (exact) mass is 311 g/mol. The number of carbonyl (C=O) groups excluding carboxylic acids is 1. The molecule has 2 aromatic rings. The number of hydrogen-bond donors (Lipinski definition) is 1. The molecule has 23 heavy (non-hydrogen) atoms. The Bertz CT molecular complexity index is 769. The minimum atomic E-state index is -0.353. The molecule has 118 valence electrons. The summed E-state index contributed by atoms with van der Waals surface area (Å²) < 4.78 is 13.7. The highest BCUT2D eigenvalue weighted by Gasteiger charge is 2.10. The van der Waals surface area contributed by atoms with E-state index < -0.39 is 0 Å². The molecule has 1 aromatic heterocycles. The summed E-state index contributed by atoms with van der Waals surface area (Å²) in [7, 11) is 0. The van der Waals surface area contributed by atoms with Crippen LogP contribution in [0.3, 0.4) is 0 Å². The van der Waals surface area contributed by atoms with Crippen molar-refractivity contribution in [1.82, 2.24) is 10.3 Å². The molecular weight excluding hydrogens is 293 g/mol. The lowest BCUT2D eigenvalue weighted by molar-refractivity contribution is 0.0945. The van der Waals surface area contributed by atoms with Gasteiger partial charge in [0.05, 0.1) is 11.4 Å². The number of halogens is 1. The van der Waals surface area contributed by atoms with Crippen molar-refractivity contribution in [3.05, 3.63) is 71.3 Å². The number of rotatable bonds is 5. The summed E-state index contributed by atoms with van der Waals surface area (Å²) in [5, 5.41) is 2.68. The molecule has 0 spiro atoms. The summed E-state index contributed by atoms with van der Waals surface area (Å²) in [5.74, 6) is -0.692. The zero-order valence-electron chi connectivity index (χ0n) is 13.1. The largest absolute Gasteiger partial charge is 0.347 e. The molecule has 0 unspecified atom stereocenters. The second-order valence-electron chi connectivity index (χ2n) is 5.09. The number of hydrogen-bond acceptors (Lipinski definition) is 3. The quantitative estimate of drug-likeness (QED) is 0.857. The van der Waals surface area contributed by atoms with Crippen LogP contribution in [0, 0.1) is 19.7 Å². The molecule has 0 fully saturated rings. The molecule has 0 saturated carbocycles. The number of aryl methyl sites for hydroxylation is 2. The van der Waals surface area contributed by atoms with Crippen LogP contribution in [0.15, 0.2) is 48.0 Å². The van der Waals surface area contributed by atoms with Gasteiger partial charge in [0, 0.05) is 18.3 Å². The zero-order chi connectivity index (χ0) is 16.8. The highest BCUT2D eigenvalue weighted by Crippen LogP contribution is 2.16. The second-order valence-corrected chi connectivity index (χ2v) is 5.09. The van der Waals surface area contributed by atoms with Crippen LogP contribution >= 0.6 is 0 Å². The fraction of sp³-hybridized carbons (Fsp3) is 0.167. The zero-order valence-corrected chi connectivity index (χ0v) is 13.1. The van der Waals surface area contributed by atoms with Gasteiger partial charge in [0.15, 0.2) is 0 Å². The van der Waals surface area contributed by atoms with E-state index in [1.54, 1.807) is 43.5 Å². The molecular formula is C18H18FN3O. The Morgan fingerprint density at radius 2 is 2.13 bits per heavy atom. The van der Waals surface area contributed by atoms with Gasteiger partial charge in [-0.15, -0.1) is 0 Å². The van der Waals surface area contributed by atoms with Gasteiger partial charge in [0.2, 0.25) is 0 Å². The number of benzene rings is 1. The van der Waals surface area contributed by atoms with Gasteiger partial charge in [-0.2, -0.15) is 0 Å². The minimum Gasteiger partial charge on any atom is -0.347 e. The van der Waals surface area contributed by atoms with Crippen LogP contribution in [-0.2, 0) is 6.54 Å². The summed E-state index contributed by atoms with van der Waals surface area (Å²) in [6.45, 7) is 7.31. The molecule has 0 bridgehead atoms. The number of allylic oxidation sites excluding steroid dienone is 1. The topological polar surface area (TPSA) is 54.4 Å². The Balaban J connectivity index is 2.09. The Labute approximate surface area is 134 Å². The normalized spacial score (nSPS) is 10.7. The minimum absolute atomic E-state index is 0.115. The highest BCUT2D eigenvalue weighted by atomic mass is 19.1. The van der Waals surface area contributed by atoms with Crippen LogP contribution in [0.25, 0.3) is 0 Å². The number of amides is 1. The van der Waals surface area contributed by atoms with Gasteiger partial charge < -0.3 is 5.32 Å². The summed E-state index contributed by atoms with van der Waals surface area (Å²) in [6.07, 6.45) is 3.13. The first-order valence-corrected chi connectivity index (χ1v) is 7.17. The van der Waals surface area contributed by atoms with Gasteiger partial charge in [-0.25, -0.2) is 9.37 Å². The maximum absolute atomic E-state index is 13.7. The number of nitrogens with one attached hydrogen (secondary N) is 1. The van der Waals surface area contributed by atoms with E-state index >= 15 is 0 Å². The van der Waals surface area contributed by atoms with Crippen molar-refractivity contribution in [2.24, 2.45) is 4.99 Å². The van der Waals surface area contributed by atoms with Crippen LogP contribution in [0.2, 0.25) is 0 Å². The third-order valence-electron chi connectivity index (χ3n) is 3.25. The molecule has 0 radical (unpaired) electrons. The molecule has 1 amide bonds.